The van der Waals surface area contributed by atoms with Gasteiger partial charge in [-0.3, -0.25) is 14.5 Å². The first-order valence-electron chi connectivity index (χ1n) is 6.42. The van der Waals surface area contributed by atoms with Crippen molar-refractivity contribution in [3.05, 3.63) is 12.2 Å². The molecular weight excluding hydrogens is 264 g/mol. The molecule has 1 atom stereocenters. The Morgan fingerprint density at radius 1 is 1.53 bits per heavy atom. The largest absolute Gasteiger partial charge is 0.480 e. The van der Waals surface area contributed by atoms with Gasteiger partial charge in [0, 0.05) is 31.1 Å². The summed E-state index contributed by atoms with van der Waals surface area (Å²) in [7, 11) is 0. The van der Waals surface area contributed by atoms with Gasteiger partial charge in [-0.25, -0.2) is 0 Å². The lowest BCUT2D eigenvalue weighted by Gasteiger charge is -2.33. The fraction of sp³-hybridized carbons (Fsp3) is 0.692. The van der Waals surface area contributed by atoms with Crippen LogP contribution in [-0.2, 0) is 9.59 Å². The van der Waals surface area contributed by atoms with Gasteiger partial charge in [0.1, 0.15) is 6.04 Å². The molecule has 5 nitrogen and oxygen atoms in total. The summed E-state index contributed by atoms with van der Waals surface area (Å²) in [6.07, 6.45) is 0. The predicted octanol–water partition coefficient (Wildman–Crippen LogP) is 0.913. The Morgan fingerprint density at radius 2 is 2.21 bits per heavy atom. The zero-order chi connectivity index (χ0) is 14.4. The number of hydrogen-bond acceptors (Lipinski definition) is 4. The smallest absolute Gasteiger partial charge is 0.321 e. The van der Waals surface area contributed by atoms with Crippen LogP contribution in [0, 0.1) is 0 Å². The average Bonchev–Trinajstić information content (AvgIpc) is 2.35. The Bertz CT molecular complexity index is 360. The second-order valence-electron chi connectivity index (χ2n) is 4.76. The summed E-state index contributed by atoms with van der Waals surface area (Å²) >= 11 is 1.63. The van der Waals surface area contributed by atoms with E-state index < -0.39 is 12.0 Å². The Hall–Kier alpha value is -1.01. The number of amides is 1. The van der Waals surface area contributed by atoms with Gasteiger partial charge in [0.25, 0.3) is 0 Å². The monoisotopic (exact) mass is 286 g/mol. The molecule has 1 rings (SSSR count). The van der Waals surface area contributed by atoms with E-state index >= 15 is 0 Å². The van der Waals surface area contributed by atoms with Gasteiger partial charge < -0.3 is 10.0 Å². The van der Waals surface area contributed by atoms with E-state index in [0.29, 0.717) is 25.4 Å². The number of likely N-dealkylation sites (N-methyl/N-ethyl adjacent to an activating group) is 1. The van der Waals surface area contributed by atoms with Crippen molar-refractivity contribution < 1.29 is 14.7 Å². The molecule has 1 aliphatic rings. The van der Waals surface area contributed by atoms with Crippen LogP contribution in [0.4, 0.5) is 0 Å². The molecule has 0 aromatic rings. The van der Waals surface area contributed by atoms with E-state index in [1.807, 2.05) is 13.8 Å². The maximum Gasteiger partial charge on any atom is 0.321 e. The number of carbonyl (C=O) groups excluding carboxylic acids is 1. The van der Waals surface area contributed by atoms with Gasteiger partial charge in [0.2, 0.25) is 5.91 Å². The molecule has 0 bridgehead atoms. The molecule has 0 aromatic carbocycles. The first-order valence-corrected chi connectivity index (χ1v) is 7.58. The summed E-state index contributed by atoms with van der Waals surface area (Å²) in [6, 6.07) is -0.550. The van der Waals surface area contributed by atoms with Crippen LogP contribution in [0.2, 0.25) is 0 Å². The number of nitrogens with zero attached hydrogens (tertiary/aromatic N) is 2. The van der Waals surface area contributed by atoms with Crippen molar-refractivity contribution in [3.8, 4) is 0 Å². The number of carbonyl (C=O) groups is 2. The van der Waals surface area contributed by atoms with Gasteiger partial charge in [0.05, 0.1) is 6.54 Å². The Morgan fingerprint density at radius 3 is 2.74 bits per heavy atom. The lowest BCUT2D eigenvalue weighted by Crippen LogP contribution is -2.51. The van der Waals surface area contributed by atoms with Crippen molar-refractivity contribution in [1.29, 1.82) is 0 Å². The van der Waals surface area contributed by atoms with Crippen LogP contribution in [0.15, 0.2) is 12.2 Å². The third-order valence-corrected chi connectivity index (χ3v) is 4.08. The van der Waals surface area contributed by atoms with Crippen molar-refractivity contribution in [2.45, 2.75) is 19.9 Å². The molecule has 1 fully saturated rings. The van der Waals surface area contributed by atoms with E-state index in [1.54, 1.807) is 21.6 Å². The van der Waals surface area contributed by atoms with E-state index in [9.17, 15) is 9.59 Å². The Balaban J connectivity index is 2.62. The highest BCUT2D eigenvalue weighted by Gasteiger charge is 2.30. The molecule has 6 heteroatoms. The lowest BCUT2D eigenvalue weighted by molar-refractivity contribution is -0.143. The van der Waals surface area contributed by atoms with Crippen LogP contribution in [-0.4, -0.2) is 70.5 Å². The molecular formula is C13H22N2O3S. The van der Waals surface area contributed by atoms with Crippen LogP contribution in [0.1, 0.15) is 13.8 Å². The van der Waals surface area contributed by atoms with Gasteiger partial charge in [0.15, 0.2) is 0 Å². The molecule has 108 valence electrons. The van der Waals surface area contributed by atoms with E-state index in [4.69, 9.17) is 5.11 Å². The SMILES string of the molecule is C=C(C)CN(CC)C(=O)CN1CCSCC1C(=O)O. The fourth-order valence-electron chi connectivity index (χ4n) is 2.03. The summed E-state index contributed by atoms with van der Waals surface area (Å²) in [4.78, 5) is 26.8. The van der Waals surface area contributed by atoms with Gasteiger partial charge in [-0.1, -0.05) is 12.2 Å². The number of aliphatic carboxylic acids is 1. The van der Waals surface area contributed by atoms with Crippen molar-refractivity contribution in [2.75, 3.05) is 37.7 Å². The average molecular weight is 286 g/mol. The topological polar surface area (TPSA) is 60.9 Å². The normalized spacial score (nSPS) is 20.0. The summed E-state index contributed by atoms with van der Waals surface area (Å²) in [5.74, 6) is 0.561. The maximum absolute atomic E-state index is 12.2. The highest BCUT2D eigenvalue weighted by Crippen LogP contribution is 2.16. The molecule has 1 unspecified atom stereocenters. The molecule has 1 saturated heterocycles. The molecule has 0 saturated carbocycles. The molecule has 1 aliphatic heterocycles. The standard InChI is InChI=1S/C13H22N2O3S/c1-4-14(7-10(2)3)12(16)8-15-5-6-19-9-11(15)13(17)18/h11H,2,4-9H2,1,3H3,(H,17,18). The highest BCUT2D eigenvalue weighted by atomic mass is 32.2. The van der Waals surface area contributed by atoms with Gasteiger partial charge in [-0.05, 0) is 13.8 Å². The fourth-order valence-corrected chi connectivity index (χ4v) is 3.14. The zero-order valence-electron chi connectivity index (χ0n) is 11.6. The van der Waals surface area contributed by atoms with Crippen LogP contribution in [0.5, 0.6) is 0 Å². The summed E-state index contributed by atoms with van der Waals surface area (Å²) < 4.78 is 0. The summed E-state index contributed by atoms with van der Waals surface area (Å²) in [6.45, 7) is 9.60. The van der Waals surface area contributed by atoms with Gasteiger partial charge in [-0.2, -0.15) is 11.8 Å². The first-order chi connectivity index (χ1) is 8.95. The van der Waals surface area contributed by atoms with E-state index in [0.717, 1.165) is 11.3 Å². The molecule has 0 aromatic heterocycles. The highest BCUT2D eigenvalue weighted by molar-refractivity contribution is 7.99. The maximum atomic E-state index is 12.2. The molecule has 0 aliphatic carbocycles. The predicted molar refractivity (Wildman–Crippen MR) is 77.4 cm³/mol. The number of carboxylic acid groups (broad SMARTS) is 1. The van der Waals surface area contributed by atoms with Gasteiger partial charge in [-0.15, -0.1) is 0 Å². The molecule has 1 heterocycles. The van der Waals surface area contributed by atoms with Crippen LogP contribution in [0.25, 0.3) is 0 Å². The number of hydrogen-bond donors (Lipinski definition) is 1. The van der Waals surface area contributed by atoms with Crippen molar-refractivity contribution in [2.24, 2.45) is 0 Å². The first kappa shape index (κ1) is 16.0. The van der Waals surface area contributed by atoms with Crippen LogP contribution in [0.3, 0.4) is 0 Å². The van der Waals surface area contributed by atoms with E-state index in [1.165, 1.54) is 0 Å². The van der Waals surface area contributed by atoms with Crippen molar-refractivity contribution >= 4 is 23.6 Å². The number of thioether (sulfide) groups is 1. The molecule has 0 spiro atoms. The second-order valence-corrected chi connectivity index (χ2v) is 5.91. The third kappa shape index (κ3) is 4.87. The molecule has 0 radical (unpaired) electrons. The van der Waals surface area contributed by atoms with Crippen molar-refractivity contribution in [1.82, 2.24) is 9.80 Å². The van der Waals surface area contributed by atoms with E-state index in [2.05, 4.69) is 6.58 Å². The number of carboxylic acids is 1. The summed E-state index contributed by atoms with van der Waals surface area (Å²) in [5.41, 5.74) is 0.930. The van der Waals surface area contributed by atoms with E-state index in [-0.39, 0.29) is 12.5 Å². The molecule has 1 N–H and O–H groups in total. The van der Waals surface area contributed by atoms with Crippen molar-refractivity contribution in [3.63, 3.8) is 0 Å². The van der Waals surface area contributed by atoms with Crippen LogP contribution >= 0.6 is 11.8 Å². The molecule has 1 amide bonds. The molecule has 19 heavy (non-hydrogen) atoms. The third-order valence-electron chi connectivity index (χ3n) is 3.06. The minimum atomic E-state index is -0.844. The lowest BCUT2D eigenvalue weighted by atomic mass is 10.2. The zero-order valence-corrected chi connectivity index (χ0v) is 12.4. The quantitative estimate of drug-likeness (QED) is 0.736. The minimum Gasteiger partial charge on any atom is -0.480 e. The number of rotatable bonds is 6. The Kier molecular flexibility index (Phi) is 6.37. The Labute approximate surface area is 118 Å². The summed E-state index contributed by atoms with van der Waals surface area (Å²) in [5, 5.41) is 9.17. The second kappa shape index (κ2) is 7.55. The van der Waals surface area contributed by atoms with Gasteiger partial charge >= 0.3 is 5.97 Å². The van der Waals surface area contributed by atoms with Crippen LogP contribution < -0.4 is 0 Å². The minimum absolute atomic E-state index is 0.0244.